The Morgan fingerprint density at radius 1 is 1.19 bits per heavy atom. The highest BCUT2D eigenvalue weighted by Gasteiger charge is 2.53. The Morgan fingerprint density at radius 3 is 2.74 bits per heavy atom. The first-order valence-corrected chi connectivity index (χ1v) is 11.0. The second-order valence-electron chi connectivity index (χ2n) is 8.95. The zero-order valence-electron chi connectivity index (χ0n) is 18.0. The second kappa shape index (κ2) is 7.41. The lowest BCUT2D eigenvalue weighted by molar-refractivity contribution is -0.147. The van der Waals surface area contributed by atoms with Crippen LogP contribution in [0.3, 0.4) is 0 Å². The molecule has 0 aliphatic carbocycles. The van der Waals surface area contributed by atoms with Crippen molar-refractivity contribution >= 4 is 5.91 Å². The molecule has 0 saturated carbocycles. The van der Waals surface area contributed by atoms with E-state index in [1.54, 1.807) is 30.1 Å². The molecule has 1 aromatic carbocycles. The number of hydrogen-bond acceptors (Lipinski definition) is 5. The normalized spacial score (nSPS) is 24.3. The van der Waals surface area contributed by atoms with Crippen molar-refractivity contribution in [3.63, 3.8) is 0 Å². The Hall–Kier alpha value is -2.80. The van der Waals surface area contributed by atoms with Crippen LogP contribution >= 0.6 is 0 Å². The van der Waals surface area contributed by atoms with Crippen LogP contribution in [-0.4, -0.2) is 45.8 Å². The van der Waals surface area contributed by atoms with Crippen LogP contribution in [0.4, 0.5) is 0 Å². The number of nitrogens with zero attached hydrogens (tertiary/aromatic N) is 2. The fourth-order valence-corrected chi connectivity index (χ4v) is 5.41. The summed E-state index contributed by atoms with van der Waals surface area (Å²) in [7, 11) is 1.68. The molecule has 1 N–H and O–H groups in total. The number of aromatic hydroxyl groups is 1. The van der Waals surface area contributed by atoms with Crippen LogP contribution in [-0.2, 0) is 11.8 Å². The van der Waals surface area contributed by atoms with Crippen molar-refractivity contribution in [2.45, 2.75) is 44.3 Å². The SMILES string of the molecule is Cc1ccc(C(=O)N2CCC3(CC2)Oc2c(O)cccc2[C@H]2OCCC[C@@H]23)c(=O)n1C. The summed E-state index contributed by atoms with van der Waals surface area (Å²) in [4.78, 5) is 27.4. The topological polar surface area (TPSA) is 81.0 Å². The number of amides is 1. The molecular formula is C24H28N2O5. The van der Waals surface area contributed by atoms with E-state index in [0.717, 1.165) is 24.1 Å². The number of para-hydroxylation sites is 1. The van der Waals surface area contributed by atoms with Crippen molar-refractivity contribution in [3.05, 3.63) is 57.5 Å². The predicted octanol–water partition coefficient (Wildman–Crippen LogP) is 2.93. The zero-order chi connectivity index (χ0) is 21.8. The molecule has 2 fully saturated rings. The minimum atomic E-state index is -0.480. The lowest BCUT2D eigenvalue weighted by atomic mass is 9.70. The largest absolute Gasteiger partial charge is 0.504 e. The second-order valence-corrected chi connectivity index (χ2v) is 8.95. The van der Waals surface area contributed by atoms with Crippen molar-refractivity contribution in [3.8, 4) is 11.5 Å². The Balaban J connectivity index is 1.41. The van der Waals surface area contributed by atoms with Gasteiger partial charge in [-0.3, -0.25) is 9.59 Å². The smallest absolute Gasteiger partial charge is 0.263 e. The fourth-order valence-electron chi connectivity index (χ4n) is 5.41. The number of ether oxygens (including phenoxy) is 2. The summed E-state index contributed by atoms with van der Waals surface area (Å²) in [5.41, 5.74) is 1.19. The predicted molar refractivity (Wildman–Crippen MR) is 114 cm³/mol. The average Bonchev–Trinajstić information content (AvgIpc) is 2.79. The summed E-state index contributed by atoms with van der Waals surface area (Å²) in [6.07, 6.45) is 3.15. The summed E-state index contributed by atoms with van der Waals surface area (Å²) >= 11 is 0. The van der Waals surface area contributed by atoms with E-state index in [1.165, 1.54) is 4.57 Å². The van der Waals surface area contributed by atoms with Crippen LogP contribution in [0.15, 0.2) is 35.1 Å². The third-order valence-corrected chi connectivity index (χ3v) is 7.32. The molecule has 3 aliphatic rings. The van der Waals surface area contributed by atoms with Crippen LogP contribution in [0.1, 0.15) is 53.4 Å². The van der Waals surface area contributed by atoms with E-state index in [2.05, 4.69) is 0 Å². The van der Waals surface area contributed by atoms with Crippen molar-refractivity contribution in [2.75, 3.05) is 19.7 Å². The van der Waals surface area contributed by atoms with Gasteiger partial charge in [0.1, 0.15) is 11.2 Å². The highest BCUT2D eigenvalue weighted by Crippen LogP contribution is 2.55. The van der Waals surface area contributed by atoms with Gasteiger partial charge in [-0.1, -0.05) is 12.1 Å². The first-order chi connectivity index (χ1) is 14.9. The number of likely N-dealkylation sites (tertiary alicyclic amines) is 1. The third-order valence-electron chi connectivity index (χ3n) is 7.32. The molecule has 0 bridgehead atoms. The Kier molecular flexibility index (Phi) is 4.81. The maximum Gasteiger partial charge on any atom is 0.263 e. The number of phenolic OH excluding ortho intramolecular Hbond substituents is 1. The van der Waals surface area contributed by atoms with Gasteiger partial charge in [-0.2, -0.15) is 0 Å². The molecule has 0 unspecified atom stereocenters. The van der Waals surface area contributed by atoms with Gasteiger partial charge < -0.3 is 24.0 Å². The number of benzene rings is 1. The number of aryl methyl sites for hydroxylation is 1. The number of piperidine rings is 1. The molecule has 5 rings (SSSR count). The van der Waals surface area contributed by atoms with Crippen LogP contribution in [0.5, 0.6) is 11.5 Å². The van der Waals surface area contributed by atoms with Gasteiger partial charge in [0.15, 0.2) is 11.5 Å². The Bertz CT molecular complexity index is 1080. The van der Waals surface area contributed by atoms with E-state index in [-0.39, 0.29) is 34.8 Å². The van der Waals surface area contributed by atoms with E-state index >= 15 is 0 Å². The van der Waals surface area contributed by atoms with E-state index in [4.69, 9.17) is 9.47 Å². The lowest BCUT2D eigenvalue weighted by Gasteiger charge is -2.53. The number of hydrogen-bond donors (Lipinski definition) is 1. The molecule has 1 aromatic heterocycles. The molecule has 2 saturated heterocycles. The van der Waals surface area contributed by atoms with Crippen LogP contribution in [0.25, 0.3) is 0 Å². The van der Waals surface area contributed by atoms with Crippen molar-refractivity contribution in [2.24, 2.45) is 13.0 Å². The molecule has 7 nitrogen and oxygen atoms in total. The molecular weight excluding hydrogens is 396 g/mol. The molecule has 4 heterocycles. The standard InChI is InChI=1S/C24H28N2O5/c1-15-8-9-17(22(28)25(15)2)23(29)26-12-10-24(11-13-26)18-6-4-14-30-20(18)16-5-3-7-19(27)21(16)31-24/h3,5,7-9,18,20,27H,4,6,10-14H2,1-2H3/t18-,20+/m0/s1. The summed E-state index contributed by atoms with van der Waals surface area (Å²) in [6.45, 7) is 3.55. The molecule has 2 atom stereocenters. The molecule has 2 aromatic rings. The van der Waals surface area contributed by atoms with Crippen LogP contribution < -0.4 is 10.3 Å². The monoisotopic (exact) mass is 424 g/mol. The van der Waals surface area contributed by atoms with Gasteiger partial charge in [-0.15, -0.1) is 0 Å². The number of carbonyl (C=O) groups is 1. The number of carbonyl (C=O) groups excluding carboxylic acids is 1. The van der Waals surface area contributed by atoms with Crippen molar-refractivity contribution in [1.29, 1.82) is 0 Å². The maximum atomic E-state index is 13.1. The van der Waals surface area contributed by atoms with Gasteiger partial charge in [0, 0.05) is 56.8 Å². The maximum absolute atomic E-state index is 13.1. The highest BCUT2D eigenvalue weighted by atomic mass is 16.5. The summed E-state index contributed by atoms with van der Waals surface area (Å²) in [6, 6.07) is 8.86. The average molecular weight is 424 g/mol. The van der Waals surface area contributed by atoms with Crippen LogP contribution in [0.2, 0.25) is 0 Å². The lowest BCUT2D eigenvalue weighted by Crippen LogP contribution is -2.58. The van der Waals surface area contributed by atoms with E-state index in [9.17, 15) is 14.7 Å². The summed E-state index contributed by atoms with van der Waals surface area (Å²) in [5, 5.41) is 10.4. The number of fused-ring (bicyclic) bond motifs is 4. The van der Waals surface area contributed by atoms with E-state index in [0.29, 0.717) is 38.3 Å². The van der Waals surface area contributed by atoms with Crippen LogP contribution in [0, 0.1) is 12.8 Å². The number of phenols is 1. The third kappa shape index (κ3) is 3.14. The fraction of sp³-hybridized carbons (Fsp3) is 0.500. The molecule has 1 amide bonds. The minimum absolute atomic E-state index is 0.101. The van der Waals surface area contributed by atoms with Gasteiger partial charge in [-0.05, 0) is 38.0 Å². The first-order valence-electron chi connectivity index (χ1n) is 11.0. The Labute approximate surface area is 181 Å². The molecule has 7 heteroatoms. The zero-order valence-corrected chi connectivity index (χ0v) is 18.0. The van der Waals surface area contributed by atoms with E-state index < -0.39 is 5.60 Å². The molecule has 31 heavy (non-hydrogen) atoms. The van der Waals surface area contributed by atoms with E-state index in [1.807, 2.05) is 19.1 Å². The quantitative estimate of drug-likeness (QED) is 0.761. The number of aromatic nitrogens is 1. The number of pyridine rings is 1. The Morgan fingerprint density at radius 2 is 1.97 bits per heavy atom. The molecule has 1 spiro atoms. The van der Waals surface area contributed by atoms with Gasteiger partial charge in [0.05, 0.1) is 6.10 Å². The number of rotatable bonds is 1. The summed E-state index contributed by atoms with van der Waals surface area (Å²) < 4.78 is 14.2. The first kappa shape index (κ1) is 20.1. The van der Waals surface area contributed by atoms with Gasteiger partial charge in [-0.25, -0.2) is 0 Å². The molecule has 164 valence electrons. The molecule has 3 aliphatic heterocycles. The highest BCUT2D eigenvalue weighted by molar-refractivity contribution is 5.94. The van der Waals surface area contributed by atoms with Gasteiger partial charge >= 0.3 is 0 Å². The molecule has 0 radical (unpaired) electrons. The summed E-state index contributed by atoms with van der Waals surface area (Å²) in [5.74, 6) is 0.593. The van der Waals surface area contributed by atoms with Crippen molar-refractivity contribution < 1.29 is 19.4 Å². The van der Waals surface area contributed by atoms with Gasteiger partial charge in [0.25, 0.3) is 11.5 Å². The minimum Gasteiger partial charge on any atom is -0.504 e. The van der Waals surface area contributed by atoms with Gasteiger partial charge in [0.2, 0.25) is 0 Å². The van der Waals surface area contributed by atoms with Crippen molar-refractivity contribution in [1.82, 2.24) is 9.47 Å².